The van der Waals surface area contributed by atoms with Crippen LogP contribution >= 0.6 is 7.82 Å². The number of carbonyl (C=O) groups excluding carboxylic acids is 3. The van der Waals surface area contributed by atoms with Gasteiger partial charge in [-0.25, -0.2) is 4.57 Å². The number of hydrogen-bond donors (Lipinski definition) is 2. The van der Waals surface area contributed by atoms with Crippen molar-refractivity contribution < 1.29 is 52.2 Å². The minimum Gasteiger partial charge on any atom is -0.462 e. The number of phosphoric ester groups is 1. The minimum atomic E-state index is -4.80. The molecule has 0 aromatic rings. The van der Waals surface area contributed by atoms with Crippen LogP contribution in [0.4, 0.5) is 0 Å². The Hall–Kier alpha value is -4.64. The van der Waals surface area contributed by atoms with E-state index in [1.54, 1.807) is 6.08 Å². The minimum absolute atomic E-state index is 0.0763. The van der Waals surface area contributed by atoms with Gasteiger partial charge in [0.1, 0.15) is 12.7 Å². The van der Waals surface area contributed by atoms with Crippen molar-refractivity contribution in [3.05, 3.63) is 146 Å². The number of aliphatic hydroxyl groups excluding tert-OH is 1. The van der Waals surface area contributed by atoms with Crippen molar-refractivity contribution in [1.29, 1.82) is 0 Å². The van der Waals surface area contributed by atoms with Gasteiger partial charge < -0.3 is 24.2 Å². The van der Waals surface area contributed by atoms with Crippen LogP contribution in [0.25, 0.3) is 0 Å². The largest absolute Gasteiger partial charge is 0.472 e. The number of aliphatic hydroxyl groups is 1. The summed E-state index contributed by atoms with van der Waals surface area (Å²) in [6.07, 6.45) is 64.4. The smallest absolute Gasteiger partial charge is 0.462 e. The summed E-state index contributed by atoms with van der Waals surface area (Å²) in [4.78, 5) is 48.2. The number of hydrogen-bond acceptors (Lipinski definition) is 10. The molecule has 0 rings (SSSR count). The molecule has 2 N–H and O–H groups in total. The molecule has 0 bridgehead atoms. The first-order valence-electron chi connectivity index (χ1n) is 25.7. The van der Waals surface area contributed by atoms with Crippen molar-refractivity contribution in [3.8, 4) is 0 Å². The first-order chi connectivity index (χ1) is 34.2. The molecule has 0 saturated heterocycles. The summed E-state index contributed by atoms with van der Waals surface area (Å²) in [5.74, 6) is -1.76. The first kappa shape index (κ1) is 65.4. The van der Waals surface area contributed by atoms with Gasteiger partial charge in [-0.3, -0.25) is 23.4 Å². The lowest BCUT2D eigenvalue weighted by Crippen LogP contribution is -2.30. The SMILES string of the molecule is CC/C=C\C/C=C\C/C=C\C/C=C\C/C=C\CC(=O)OC(COC(=O)CC/C=C\C/C=C\C/C=C\C/C=C\CC)COP(=O)(O)OCC(CO)OC(=O)CCCCCCC/C=C\C/C=C\C/C=C\CC. The fourth-order valence-electron chi connectivity index (χ4n) is 5.99. The van der Waals surface area contributed by atoms with Crippen molar-refractivity contribution >= 4 is 25.7 Å². The molecule has 0 aliphatic rings. The van der Waals surface area contributed by atoms with E-state index in [-0.39, 0.29) is 19.3 Å². The van der Waals surface area contributed by atoms with Crippen LogP contribution in [0.1, 0.15) is 162 Å². The second-order valence-electron chi connectivity index (χ2n) is 16.2. The van der Waals surface area contributed by atoms with Gasteiger partial charge in [0.2, 0.25) is 0 Å². The Labute approximate surface area is 422 Å². The van der Waals surface area contributed by atoms with Gasteiger partial charge in [0.05, 0.1) is 26.2 Å². The van der Waals surface area contributed by atoms with E-state index in [4.69, 9.17) is 23.3 Å². The van der Waals surface area contributed by atoms with Crippen LogP contribution in [-0.4, -0.2) is 66.5 Å². The molecule has 392 valence electrons. The number of unbranched alkanes of at least 4 members (excludes halogenated alkanes) is 5. The normalized spacial score (nSPS) is 14.6. The predicted octanol–water partition coefficient (Wildman–Crippen LogP) is 14.8. The van der Waals surface area contributed by atoms with Crippen molar-refractivity contribution in [2.75, 3.05) is 26.4 Å². The zero-order valence-electron chi connectivity index (χ0n) is 42.9. The second kappa shape index (κ2) is 50.7. The Morgan fingerprint density at radius 1 is 0.414 bits per heavy atom. The third-order valence-corrected chi connectivity index (χ3v) is 10.7. The molecule has 0 amide bonds. The van der Waals surface area contributed by atoms with Crippen molar-refractivity contribution in [1.82, 2.24) is 0 Å². The van der Waals surface area contributed by atoms with E-state index in [0.717, 1.165) is 103 Å². The average molecular weight is 993 g/mol. The molecule has 0 spiro atoms. The Bertz CT molecular complexity index is 1730. The number of ether oxygens (including phenoxy) is 3. The summed E-state index contributed by atoms with van der Waals surface area (Å²) in [6, 6.07) is 0. The summed E-state index contributed by atoms with van der Waals surface area (Å²) in [5.41, 5.74) is 0. The van der Waals surface area contributed by atoms with E-state index < -0.39 is 64.4 Å². The van der Waals surface area contributed by atoms with Crippen LogP contribution in [0.15, 0.2) is 146 Å². The van der Waals surface area contributed by atoms with Crippen LogP contribution in [0.5, 0.6) is 0 Å². The van der Waals surface area contributed by atoms with Crippen LogP contribution in [0, 0.1) is 0 Å². The van der Waals surface area contributed by atoms with Gasteiger partial charge in [-0.2, -0.15) is 0 Å². The molecule has 0 fully saturated rings. The third kappa shape index (κ3) is 48.4. The maximum Gasteiger partial charge on any atom is 0.472 e. The van der Waals surface area contributed by atoms with Crippen molar-refractivity contribution in [3.63, 3.8) is 0 Å². The highest BCUT2D eigenvalue weighted by Gasteiger charge is 2.28. The van der Waals surface area contributed by atoms with Gasteiger partial charge in [0.15, 0.2) is 6.10 Å². The Morgan fingerprint density at radius 2 is 0.786 bits per heavy atom. The van der Waals surface area contributed by atoms with Crippen LogP contribution in [-0.2, 0) is 42.2 Å². The lowest BCUT2D eigenvalue weighted by molar-refractivity contribution is -0.160. The molecule has 0 aliphatic heterocycles. The van der Waals surface area contributed by atoms with Crippen LogP contribution in [0.3, 0.4) is 0 Å². The van der Waals surface area contributed by atoms with E-state index in [1.165, 1.54) is 0 Å². The molecule has 0 aromatic heterocycles. The number of carbonyl (C=O) groups is 3. The molecular formula is C58H89O11P. The van der Waals surface area contributed by atoms with E-state index >= 15 is 0 Å². The van der Waals surface area contributed by atoms with Crippen molar-refractivity contribution in [2.24, 2.45) is 0 Å². The third-order valence-electron chi connectivity index (χ3n) is 9.79. The fourth-order valence-corrected chi connectivity index (χ4v) is 6.77. The lowest BCUT2D eigenvalue weighted by atomic mass is 10.1. The number of allylic oxidation sites excluding steroid dienone is 23. The highest BCUT2D eigenvalue weighted by molar-refractivity contribution is 7.47. The molecular weight excluding hydrogens is 904 g/mol. The molecule has 12 heteroatoms. The first-order valence-corrected chi connectivity index (χ1v) is 27.2. The zero-order valence-corrected chi connectivity index (χ0v) is 43.8. The fraction of sp³-hybridized carbons (Fsp3) is 0.534. The predicted molar refractivity (Wildman–Crippen MR) is 288 cm³/mol. The number of esters is 3. The summed E-state index contributed by atoms with van der Waals surface area (Å²) in [5, 5.41) is 9.78. The van der Waals surface area contributed by atoms with Gasteiger partial charge in [-0.15, -0.1) is 0 Å². The highest BCUT2D eigenvalue weighted by atomic mass is 31.2. The summed E-state index contributed by atoms with van der Waals surface area (Å²) in [6.45, 7) is 4.03. The molecule has 0 aliphatic carbocycles. The molecule has 11 nitrogen and oxygen atoms in total. The molecule has 0 heterocycles. The van der Waals surface area contributed by atoms with E-state index in [9.17, 15) is 28.9 Å². The van der Waals surface area contributed by atoms with Crippen LogP contribution in [0.2, 0.25) is 0 Å². The van der Waals surface area contributed by atoms with Crippen LogP contribution < -0.4 is 0 Å². The maximum atomic E-state index is 12.8. The highest BCUT2D eigenvalue weighted by Crippen LogP contribution is 2.43. The monoisotopic (exact) mass is 993 g/mol. The average Bonchev–Trinajstić information content (AvgIpc) is 3.35. The lowest BCUT2D eigenvalue weighted by Gasteiger charge is -2.21. The van der Waals surface area contributed by atoms with E-state index in [0.29, 0.717) is 19.3 Å². The van der Waals surface area contributed by atoms with E-state index in [2.05, 4.69) is 130 Å². The van der Waals surface area contributed by atoms with Gasteiger partial charge in [-0.05, 0) is 103 Å². The zero-order chi connectivity index (χ0) is 51.3. The Balaban J connectivity index is 4.96. The molecule has 3 unspecified atom stereocenters. The van der Waals surface area contributed by atoms with E-state index in [1.807, 2.05) is 30.4 Å². The van der Waals surface area contributed by atoms with Gasteiger partial charge in [-0.1, -0.05) is 186 Å². The van der Waals surface area contributed by atoms with Gasteiger partial charge in [0, 0.05) is 12.8 Å². The molecule has 0 aromatic carbocycles. The van der Waals surface area contributed by atoms with Gasteiger partial charge >= 0.3 is 25.7 Å². The van der Waals surface area contributed by atoms with Gasteiger partial charge in [0.25, 0.3) is 0 Å². The van der Waals surface area contributed by atoms with Crippen molar-refractivity contribution in [2.45, 2.75) is 174 Å². The summed E-state index contributed by atoms with van der Waals surface area (Å²) in [7, 11) is -4.80. The number of rotatable bonds is 45. The topological polar surface area (TPSA) is 155 Å². The summed E-state index contributed by atoms with van der Waals surface area (Å²) >= 11 is 0. The molecule has 0 saturated carbocycles. The number of phosphoric acid groups is 1. The summed E-state index contributed by atoms with van der Waals surface area (Å²) < 4.78 is 39.1. The Kier molecular flexibility index (Phi) is 47.4. The molecule has 3 atom stereocenters. The molecule has 70 heavy (non-hydrogen) atoms. The quantitative estimate of drug-likeness (QED) is 0.0197. The maximum absolute atomic E-state index is 12.8. The second-order valence-corrected chi connectivity index (χ2v) is 17.7. The molecule has 0 radical (unpaired) electrons. The Morgan fingerprint density at radius 3 is 1.24 bits per heavy atom. The standard InChI is InChI=1S/C58H89O11P/c1-4-7-10-13-16-19-22-25-27-30-33-36-39-42-45-48-57(61)68-54(50-59)52-66-70(63,64)67-53-55(51-65-56(60)47-44-41-38-35-32-29-24-21-18-15-12-9-6-3)69-58(62)49-46-43-40-37-34-31-28-26-23-20-17-14-11-8-5-2/h7-12,16-21,25-29,32,34,37-38,41,43,46,54-55,59H,4-6,13-15,22-24,30-31,33,35-36,39-40,42,44-45,47-53H2,1-3H3,(H,63,64)/b10-7-,11-8-,12-9-,19-16-,20-17-,21-18-,27-25-,28-26-,32-29-,37-34-,41-38-,46-43-.